The fourth-order valence-electron chi connectivity index (χ4n) is 3.03. The number of aromatic nitrogens is 1. The second-order valence-corrected chi connectivity index (χ2v) is 7.08. The van der Waals surface area contributed by atoms with Crippen molar-refractivity contribution in [3.05, 3.63) is 65.7 Å². The van der Waals surface area contributed by atoms with Gasteiger partial charge in [-0.1, -0.05) is 26.0 Å². The number of nitrogens with zero attached hydrogens (tertiary/aromatic N) is 2. The molecule has 1 aromatic carbocycles. The van der Waals surface area contributed by atoms with E-state index in [1.54, 1.807) is 41.6 Å². The fraction of sp³-hybridized carbons (Fsp3) is 0.300. The molecule has 1 N–H and O–H groups in total. The normalized spacial score (nSPS) is 15.2. The van der Waals surface area contributed by atoms with Crippen LogP contribution in [0.5, 0.6) is 0 Å². The second kappa shape index (κ2) is 6.76. The number of carbonyl (C=O) groups is 1. The van der Waals surface area contributed by atoms with Crippen LogP contribution in [0.25, 0.3) is 11.1 Å². The maximum atomic E-state index is 13.3. The Morgan fingerprint density at radius 2 is 1.76 bits per heavy atom. The highest BCUT2D eigenvalue weighted by Gasteiger charge is 2.34. The Morgan fingerprint density at radius 1 is 1.12 bits per heavy atom. The molecule has 0 saturated heterocycles. The van der Waals surface area contributed by atoms with Crippen LogP contribution in [-0.2, 0) is 4.79 Å². The maximum Gasteiger partial charge on any atom is 0.255 e. The van der Waals surface area contributed by atoms with E-state index in [1.807, 2.05) is 13.8 Å². The van der Waals surface area contributed by atoms with Gasteiger partial charge in [0.25, 0.3) is 5.91 Å². The van der Waals surface area contributed by atoms with E-state index in [1.165, 1.54) is 12.1 Å². The molecule has 2 heterocycles. The molecule has 0 radical (unpaired) electrons. The van der Waals surface area contributed by atoms with Crippen LogP contribution in [-0.4, -0.2) is 40.6 Å². The topological polar surface area (TPSA) is 53.4 Å². The minimum atomic E-state index is -0.392. The summed E-state index contributed by atoms with van der Waals surface area (Å²) >= 11 is 0. The summed E-state index contributed by atoms with van der Waals surface area (Å²) in [6.07, 6.45) is 3.30. The molecule has 2 aromatic rings. The molecule has 0 atom stereocenters. The molecule has 0 saturated carbocycles. The zero-order valence-electron chi connectivity index (χ0n) is 14.4. The van der Waals surface area contributed by atoms with Gasteiger partial charge >= 0.3 is 0 Å². The Labute approximate surface area is 146 Å². The van der Waals surface area contributed by atoms with Crippen molar-refractivity contribution in [2.45, 2.75) is 13.8 Å². The first-order valence-electron chi connectivity index (χ1n) is 8.21. The molecular formula is C20H21FN2O2. The average Bonchev–Trinajstić information content (AvgIpc) is 2.92. The van der Waals surface area contributed by atoms with Gasteiger partial charge < -0.3 is 10.0 Å². The third-order valence-corrected chi connectivity index (χ3v) is 4.36. The van der Waals surface area contributed by atoms with E-state index in [4.69, 9.17) is 0 Å². The molecule has 1 aliphatic heterocycles. The zero-order valence-corrected chi connectivity index (χ0v) is 14.4. The number of hydrogen-bond acceptors (Lipinski definition) is 3. The molecule has 1 aromatic heterocycles. The molecule has 25 heavy (non-hydrogen) atoms. The standard InChI is InChI=1S/C20H21FN2O2/c1-20(2,13-24)12-23-11-17(14-3-5-16(21)6-4-14)18(19(23)25)15-7-9-22-10-8-15/h3-10,24H,11-13H2,1-2H3. The SMILES string of the molecule is CC(C)(CO)CN1CC(c2ccc(F)cc2)=C(c2ccncc2)C1=O. The summed E-state index contributed by atoms with van der Waals surface area (Å²) in [7, 11) is 0. The van der Waals surface area contributed by atoms with Crippen LogP contribution in [0.4, 0.5) is 4.39 Å². The second-order valence-electron chi connectivity index (χ2n) is 7.08. The zero-order chi connectivity index (χ0) is 18.0. The lowest BCUT2D eigenvalue weighted by Gasteiger charge is -2.28. The highest BCUT2D eigenvalue weighted by molar-refractivity contribution is 6.30. The van der Waals surface area contributed by atoms with Crippen molar-refractivity contribution in [2.24, 2.45) is 5.41 Å². The smallest absolute Gasteiger partial charge is 0.255 e. The van der Waals surface area contributed by atoms with E-state index in [0.29, 0.717) is 18.7 Å². The monoisotopic (exact) mass is 340 g/mol. The van der Waals surface area contributed by atoms with Crippen LogP contribution in [0.1, 0.15) is 25.0 Å². The molecule has 3 rings (SSSR count). The molecule has 0 bridgehead atoms. The number of halogens is 1. The number of amides is 1. The van der Waals surface area contributed by atoms with Gasteiger partial charge in [0.15, 0.2) is 0 Å². The van der Waals surface area contributed by atoms with Crippen LogP contribution in [0, 0.1) is 11.2 Å². The number of hydrogen-bond donors (Lipinski definition) is 1. The first-order chi connectivity index (χ1) is 11.9. The van der Waals surface area contributed by atoms with Crippen molar-refractivity contribution in [1.29, 1.82) is 0 Å². The van der Waals surface area contributed by atoms with Crippen LogP contribution in [0.2, 0.25) is 0 Å². The third-order valence-electron chi connectivity index (χ3n) is 4.36. The Balaban J connectivity index is 2.03. The molecule has 0 unspecified atom stereocenters. The Kier molecular flexibility index (Phi) is 4.68. The van der Waals surface area contributed by atoms with Gasteiger partial charge in [0, 0.05) is 37.5 Å². The van der Waals surface area contributed by atoms with Crippen LogP contribution in [0.15, 0.2) is 48.8 Å². The minimum absolute atomic E-state index is 0.00669. The molecule has 1 aliphatic rings. The van der Waals surface area contributed by atoms with E-state index in [-0.39, 0.29) is 18.3 Å². The first-order valence-corrected chi connectivity index (χ1v) is 8.21. The summed E-state index contributed by atoms with van der Waals surface area (Å²) in [5.41, 5.74) is 2.71. The number of rotatable bonds is 5. The van der Waals surface area contributed by atoms with Crippen LogP contribution in [0.3, 0.4) is 0 Å². The number of carbonyl (C=O) groups excluding carboxylic acids is 1. The number of aliphatic hydroxyl groups excluding tert-OH is 1. The molecule has 5 heteroatoms. The molecule has 1 amide bonds. The van der Waals surface area contributed by atoms with Crippen molar-refractivity contribution in [3.8, 4) is 0 Å². The van der Waals surface area contributed by atoms with Gasteiger partial charge in [0.1, 0.15) is 5.82 Å². The summed E-state index contributed by atoms with van der Waals surface area (Å²) in [6.45, 7) is 4.71. The van der Waals surface area contributed by atoms with E-state index >= 15 is 0 Å². The largest absolute Gasteiger partial charge is 0.396 e. The van der Waals surface area contributed by atoms with Crippen LogP contribution < -0.4 is 0 Å². The Bertz CT molecular complexity index is 798. The van der Waals surface area contributed by atoms with E-state index < -0.39 is 5.41 Å². The van der Waals surface area contributed by atoms with Crippen molar-refractivity contribution >= 4 is 17.1 Å². The maximum absolute atomic E-state index is 13.3. The Hall–Kier alpha value is -2.53. The molecule has 0 fully saturated rings. The van der Waals surface area contributed by atoms with Crippen molar-refractivity contribution < 1.29 is 14.3 Å². The van der Waals surface area contributed by atoms with Crippen LogP contribution >= 0.6 is 0 Å². The quantitative estimate of drug-likeness (QED) is 0.910. The van der Waals surface area contributed by atoms with Gasteiger partial charge in [-0.2, -0.15) is 0 Å². The molecule has 130 valence electrons. The summed E-state index contributed by atoms with van der Waals surface area (Å²) in [4.78, 5) is 18.8. The third kappa shape index (κ3) is 3.61. The highest BCUT2D eigenvalue weighted by atomic mass is 19.1. The summed E-state index contributed by atoms with van der Waals surface area (Å²) in [6, 6.07) is 9.79. The lowest BCUT2D eigenvalue weighted by atomic mass is 9.94. The van der Waals surface area contributed by atoms with Gasteiger partial charge in [0.2, 0.25) is 0 Å². The lowest BCUT2D eigenvalue weighted by molar-refractivity contribution is -0.125. The predicted octanol–water partition coefficient (Wildman–Crippen LogP) is 2.99. The van der Waals surface area contributed by atoms with E-state index in [9.17, 15) is 14.3 Å². The highest BCUT2D eigenvalue weighted by Crippen LogP contribution is 2.35. The number of aliphatic hydroxyl groups is 1. The summed E-state index contributed by atoms with van der Waals surface area (Å²) in [5, 5.41) is 9.54. The Morgan fingerprint density at radius 3 is 2.36 bits per heavy atom. The van der Waals surface area contributed by atoms with Gasteiger partial charge in [-0.3, -0.25) is 9.78 Å². The van der Waals surface area contributed by atoms with Crippen molar-refractivity contribution in [3.63, 3.8) is 0 Å². The number of pyridine rings is 1. The van der Waals surface area contributed by atoms with Crippen molar-refractivity contribution in [1.82, 2.24) is 9.88 Å². The minimum Gasteiger partial charge on any atom is -0.396 e. The average molecular weight is 340 g/mol. The van der Waals surface area contributed by atoms with Gasteiger partial charge in [-0.15, -0.1) is 0 Å². The lowest BCUT2D eigenvalue weighted by Crippen LogP contribution is -2.38. The summed E-state index contributed by atoms with van der Waals surface area (Å²) < 4.78 is 13.3. The van der Waals surface area contributed by atoms with Gasteiger partial charge in [0.05, 0.1) is 5.57 Å². The summed E-state index contributed by atoms with van der Waals surface area (Å²) in [5.74, 6) is -0.385. The molecule has 0 aliphatic carbocycles. The predicted molar refractivity (Wildman–Crippen MR) is 94.9 cm³/mol. The van der Waals surface area contributed by atoms with Gasteiger partial charge in [-0.05, 0) is 41.0 Å². The van der Waals surface area contributed by atoms with Crippen molar-refractivity contribution in [2.75, 3.05) is 19.7 Å². The molecule has 0 spiro atoms. The van der Waals surface area contributed by atoms with E-state index in [2.05, 4.69) is 4.98 Å². The number of benzene rings is 1. The fourth-order valence-corrected chi connectivity index (χ4v) is 3.03. The van der Waals surface area contributed by atoms with E-state index in [0.717, 1.165) is 16.7 Å². The molecular weight excluding hydrogens is 319 g/mol. The first kappa shape index (κ1) is 17.3. The molecule has 4 nitrogen and oxygen atoms in total. The van der Waals surface area contributed by atoms with Gasteiger partial charge in [-0.25, -0.2) is 4.39 Å².